The lowest BCUT2D eigenvalue weighted by Gasteiger charge is -2.12. The lowest BCUT2D eigenvalue weighted by Crippen LogP contribution is -2.40. The second kappa shape index (κ2) is 7.28. The third-order valence-electron chi connectivity index (χ3n) is 3.13. The first-order valence-corrected chi connectivity index (χ1v) is 7.07. The van der Waals surface area contributed by atoms with Gasteiger partial charge in [-0.25, -0.2) is 9.97 Å². The molecule has 0 aliphatic heterocycles. The molecular formula is C13H19F3N6. The molecule has 0 aromatic carbocycles. The number of aromatic nitrogens is 2. The third-order valence-corrected chi connectivity index (χ3v) is 3.13. The number of hydrogen-bond donors (Lipinski definition) is 3. The minimum Gasteiger partial charge on any atom is -0.356 e. The highest BCUT2D eigenvalue weighted by Gasteiger charge is 2.32. The molecule has 1 aromatic rings. The maximum Gasteiger partial charge on any atom is 0.433 e. The fraction of sp³-hybridized carbons (Fsp3) is 0.615. The average Bonchev–Trinajstić information content (AvgIpc) is 3.30. The summed E-state index contributed by atoms with van der Waals surface area (Å²) >= 11 is 0. The van der Waals surface area contributed by atoms with Gasteiger partial charge in [-0.05, 0) is 24.8 Å². The standard InChI is InChI=1S/C13H19F3N6/c1-17-11(21-8-9-2-3-9)19-6-7-20-12-18-5-4-10(22-12)13(14,15)16/h4-5,9H,2-3,6-8H2,1H3,(H2,17,19,21)(H,18,20,22). The molecule has 22 heavy (non-hydrogen) atoms. The predicted octanol–water partition coefficient (Wildman–Crippen LogP) is 1.48. The molecule has 0 radical (unpaired) electrons. The molecule has 1 aliphatic rings. The van der Waals surface area contributed by atoms with Crippen molar-refractivity contribution in [1.29, 1.82) is 0 Å². The summed E-state index contributed by atoms with van der Waals surface area (Å²) in [6.45, 7) is 1.76. The van der Waals surface area contributed by atoms with Crippen molar-refractivity contribution in [3.05, 3.63) is 18.0 Å². The van der Waals surface area contributed by atoms with Gasteiger partial charge in [0.15, 0.2) is 5.96 Å². The largest absolute Gasteiger partial charge is 0.433 e. The average molecular weight is 316 g/mol. The van der Waals surface area contributed by atoms with E-state index in [9.17, 15) is 13.2 Å². The third kappa shape index (κ3) is 5.38. The molecule has 122 valence electrons. The first-order valence-electron chi connectivity index (χ1n) is 7.07. The fourth-order valence-electron chi connectivity index (χ4n) is 1.74. The number of hydrogen-bond acceptors (Lipinski definition) is 4. The van der Waals surface area contributed by atoms with Crippen molar-refractivity contribution in [1.82, 2.24) is 20.6 Å². The van der Waals surface area contributed by atoms with Crippen LogP contribution in [0.3, 0.4) is 0 Å². The molecule has 0 spiro atoms. The summed E-state index contributed by atoms with van der Waals surface area (Å²) in [5.41, 5.74) is -0.958. The van der Waals surface area contributed by atoms with E-state index in [1.165, 1.54) is 12.8 Å². The summed E-state index contributed by atoms with van der Waals surface area (Å²) in [5, 5.41) is 9.00. The van der Waals surface area contributed by atoms with Crippen LogP contribution in [0.1, 0.15) is 18.5 Å². The summed E-state index contributed by atoms with van der Waals surface area (Å²) in [6.07, 6.45) is -0.884. The van der Waals surface area contributed by atoms with E-state index in [4.69, 9.17) is 0 Å². The Hall–Kier alpha value is -2.06. The topological polar surface area (TPSA) is 74.2 Å². The Bertz CT molecular complexity index is 513. The molecule has 0 saturated heterocycles. The van der Waals surface area contributed by atoms with Crippen LogP contribution in [-0.4, -0.2) is 42.6 Å². The molecule has 1 aromatic heterocycles. The minimum atomic E-state index is -4.47. The molecule has 2 rings (SSSR count). The SMILES string of the molecule is CN=C(NCCNc1nccc(C(F)(F)F)n1)NCC1CC1. The van der Waals surface area contributed by atoms with E-state index in [1.807, 2.05) is 0 Å². The highest BCUT2D eigenvalue weighted by Crippen LogP contribution is 2.28. The highest BCUT2D eigenvalue weighted by atomic mass is 19.4. The van der Waals surface area contributed by atoms with Crippen LogP contribution in [-0.2, 0) is 6.18 Å². The molecule has 3 N–H and O–H groups in total. The van der Waals surface area contributed by atoms with Crippen LogP contribution >= 0.6 is 0 Å². The van der Waals surface area contributed by atoms with Crippen LogP contribution in [0.2, 0.25) is 0 Å². The molecule has 9 heteroatoms. The zero-order valence-corrected chi connectivity index (χ0v) is 12.2. The van der Waals surface area contributed by atoms with E-state index in [0.717, 1.165) is 24.7 Å². The molecule has 1 heterocycles. The van der Waals surface area contributed by atoms with E-state index >= 15 is 0 Å². The van der Waals surface area contributed by atoms with Crippen LogP contribution in [0.25, 0.3) is 0 Å². The minimum absolute atomic E-state index is 0.0439. The zero-order valence-electron chi connectivity index (χ0n) is 12.2. The van der Waals surface area contributed by atoms with Crippen LogP contribution in [0.15, 0.2) is 17.3 Å². The Kier molecular flexibility index (Phi) is 5.40. The van der Waals surface area contributed by atoms with Crippen molar-refractivity contribution >= 4 is 11.9 Å². The number of rotatable bonds is 6. The van der Waals surface area contributed by atoms with E-state index in [0.29, 0.717) is 19.0 Å². The lowest BCUT2D eigenvalue weighted by molar-refractivity contribution is -0.141. The van der Waals surface area contributed by atoms with Gasteiger partial charge in [-0.1, -0.05) is 0 Å². The number of guanidine groups is 1. The van der Waals surface area contributed by atoms with Crippen molar-refractivity contribution in [3.8, 4) is 0 Å². The molecule has 0 bridgehead atoms. The van der Waals surface area contributed by atoms with Gasteiger partial charge in [0.2, 0.25) is 5.95 Å². The van der Waals surface area contributed by atoms with E-state index in [-0.39, 0.29) is 5.95 Å². The molecule has 1 aliphatic carbocycles. The predicted molar refractivity (Wildman–Crippen MR) is 77.6 cm³/mol. The van der Waals surface area contributed by atoms with Gasteiger partial charge >= 0.3 is 6.18 Å². The molecular weight excluding hydrogens is 297 g/mol. The van der Waals surface area contributed by atoms with Crippen molar-refractivity contribution < 1.29 is 13.2 Å². The Balaban J connectivity index is 1.71. The molecule has 1 saturated carbocycles. The first-order chi connectivity index (χ1) is 10.5. The quantitative estimate of drug-likeness (QED) is 0.421. The van der Waals surface area contributed by atoms with Gasteiger partial charge < -0.3 is 16.0 Å². The molecule has 6 nitrogen and oxygen atoms in total. The number of anilines is 1. The van der Waals surface area contributed by atoms with E-state index < -0.39 is 11.9 Å². The van der Waals surface area contributed by atoms with Crippen molar-refractivity contribution in [2.45, 2.75) is 19.0 Å². The summed E-state index contributed by atoms with van der Waals surface area (Å²) in [5.74, 6) is 1.37. The van der Waals surface area contributed by atoms with Gasteiger partial charge in [-0.2, -0.15) is 13.2 Å². The molecule has 0 atom stereocenters. The van der Waals surface area contributed by atoms with Crippen molar-refractivity contribution in [3.63, 3.8) is 0 Å². The lowest BCUT2D eigenvalue weighted by atomic mass is 10.4. The second-order valence-electron chi connectivity index (χ2n) is 5.01. The number of nitrogens with zero attached hydrogens (tertiary/aromatic N) is 3. The zero-order chi connectivity index (χ0) is 16.0. The molecule has 0 amide bonds. The number of halogens is 3. The smallest absolute Gasteiger partial charge is 0.356 e. The Labute approximate surface area is 126 Å². The van der Waals surface area contributed by atoms with Gasteiger partial charge in [0.1, 0.15) is 5.69 Å². The van der Waals surface area contributed by atoms with Gasteiger partial charge in [-0.15, -0.1) is 0 Å². The summed E-state index contributed by atoms with van der Waals surface area (Å²) in [7, 11) is 1.67. The van der Waals surface area contributed by atoms with Crippen LogP contribution in [0.4, 0.5) is 19.1 Å². The Morgan fingerprint density at radius 1 is 1.32 bits per heavy atom. The van der Waals surface area contributed by atoms with Crippen molar-refractivity contribution in [2.75, 3.05) is 32.0 Å². The Morgan fingerprint density at radius 2 is 2.09 bits per heavy atom. The van der Waals surface area contributed by atoms with Gasteiger partial charge in [0, 0.05) is 32.9 Å². The number of alkyl halides is 3. The van der Waals surface area contributed by atoms with Crippen LogP contribution < -0.4 is 16.0 Å². The van der Waals surface area contributed by atoms with E-state index in [1.54, 1.807) is 7.05 Å². The first kappa shape index (κ1) is 16.3. The number of aliphatic imine (C=N–C) groups is 1. The van der Waals surface area contributed by atoms with Crippen LogP contribution in [0.5, 0.6) is 0 Å². The second-order valence-corrected chi connectivity index (χ2v) is 5.01. The molecule has 0 unspecified atom stereocenters. The van der Waals surface area contributed by atoms with E-state index in [2.05, 4.69) is 30.9 Å². The fourth-order valence-corrected chi connectivity index (χ4v) is 1.74. The summed E-state index contributed by atoms with van der Waals surface area (Å²) in [6, 6.07) is 0.840. The summed E-state index contributed by atoms with van der Waals surface area (Å²) in [4.78, 5) is 11.3. The van der Waals surface area contributed by atoms with Gasteiger partial charge in [0.05, 0.1) is 0 Å². The van der Waals surface area contributed by atoms with Crippen molar-refractivity contribution in [2.24, 2.45) is 10.9 Å². The number of nitrogens with one attached hydrogen (secondary N) is 3. The molecule has 1 fully saturated rings. The maximum atomic E-state index is 12.5. The van der Waals surface area contributed by atoms with Crippen LogP contribution in [0, 0.1) is 5.92 Å². The van der Waals surface area contributed by atoms with Gasteiger partial charge in [0.25, 0.3) is 0 Å². The Morgan fingerprint density at radius 3 is 2.73 bits per heavy atom. The highest BCUT2D eigenvalue weighted by molar-refractivity contribution is 5.79. The monoisotopic (exact) mass is 316 g/mol. The van der Waals surface area contributed by atoms with Gasteiger partial charge in [-0.3, -0.25) is 4.99 Å². The normalized spacial score (nSPS) is 15.5. The summed E-state index contributed by atoms with van der Waals surface area (Å²) < 4.78 is 37.5. The maximum absolute atomic E-state index is 12.5.